The first-order valence-electron chi connectivity index (χ1n) is 12.1. The van der Waals surface area contributed by atoms with Crippen molar-refractivity contribution in [2.45, 2.75) is 19.4 Å². The number of benzene rings is 3. The van der Waals surface area contributed by atoms with Crippen LogP contribution in [-0.4, -0.2) is 45.8 Å². The minimum absolute atomic E-state index is 0.0801. The Hall–Kier alpha value is -4.73. The van der Waals surface area contributed by atoms with E-state index < -0.39 is 11.6 Å². The molecular formula is C28H23F2N5O3. The first-order valence-corrected chi connectivity index (χ1v) is 12.1. The molecule has 3 heterocycles. The van der Waals surface area contributed by atoms with Crippen LogP contribution < -0.4 is 9.64 Å². The number of ether oxygens (including phenoxy) is 2. The number of nitrogens with zero attached hydrogens (tertiary/aromatic N) is 3. The van der Waals surface area contributed by atoms with Crippen LogP contribution in [0, 0.1) is 18.6 Å². The second-order valence-electron chi connectivity index (χ2n) is 9.21. The fourth-order valence-corrected chi connectivity index (χ4v) is 4.67. The zero-order chi connectivity index (χ0) is 26.2. The van der Waals surface area contributed by atoms with Gasteiger partial charge < -0.3 is 19.4 Å². The third-order valence-corrected chi connectivity index (χ3v) is 6.69. The van der Waals surface area contributed by atoms with Crippen molar-refractivity contribution in [3.05, 3.63) is 89.4 Å². The maximum absolute atomic E-state index is 14.8. The predicted octanol–water partition coefficient (Wildman–Crippen LogP) is 5.28. The van der Waals surface area contributed by atoms with Crippen LogP contribution in [-0.2, 0) is 16.0 Å². The first-order chi connectivity index (χ1) is 18.5. The average molecular weight is 516 g/mol. The molecule has 8 nitrogen and oxygen atoms in total. The smallest absolute Gasteiger partial charge is 0.293 e. The number of halogens is 2. The molecule has 2 aromatic heterocycles. The lowest BCUT2D eigenvalue weighted by Crippen LogP contribution is -2.52. The highest BCUT2D eigenvalue weighted by Gasteiger charge is 2.28. The summed E-state index contributed by atoms with van der Waals surface area (Å²) in [4.78, 5) is 20.1. The molecule has 1 saturated heterocycles. The Labute approximate surface area is 216 Å². The van der Waals surface area contributed by atoms with Crippen LogP contribution in [0.2, 0.25) is 0 Å². The largest absolute Gasteiger partial charge is 0.461 e. The number of hydrogen-bond acceptors (Lipinski definition) is 6. The molecule has 10 heteroatoms. The van der Waals surface area contributed by atoms with E-state index in [0.29, 0.717) is 42.9 Å². The monoisotopic (exact) mass is 515 g/mol. The van der Waals surface area contributed by atoms with Crippen molar-refractivity contribution < 1.29 is 23.0 Å². The molecule has 192 valence electrons. The molecule has 1 fully saturated rings. The predicted molar refractivity (Wildman–Crippen MR) is 137 cm³/mol. The molecule has 0 atom stereocenters. The number of rotatable bonds is 8. The molecule has 0 saturated carbocycles. The zero-order valence-corrected chi connectivity index (χ0v) is 20.4. The lowest BCUT2D eigenvalue weighted by Gasteiger charge is -2.39. The summed E-state index contributed by atoms with van der Waals surface area (Å²) in [6.07, 6.45) is 2.11. The number of carbonyl (C=O) groups excluding carboxylic acids is 1. The van der Waals surface area contributed by atoms with E-state index in [2.05, 4.69) is 25.1 Å². The van der Waals surface area contributed by atoms with Gasteiger partial charge >= 0.3 is 0 Å². The van der Waals surface area contributed by atoms with Crippen LogP contribution in [0.1, 0.15) is 17.0 Å². The normalized spacial score (nSPS) is 13.5. The van der Waals surface area contributed by atoms with Crippen LogP contribution in [0.3, 0.4) is 0 Å². The van der Waals surface area contributed by atoms with Gasteiger partial charge in [0.25, 0.3) is 6.47 Å². The van der Waals surface area contributed by atoms with Gasteiger partial charge in [-0.15, -0.1) is 0 Å². The van der Waals surface area contributed by atoms with Crippen molar-refractivity contribution in [1.29, 1.82) is 0 Å². The Morgan fingerprint density at radius 2 is 1.97 bits per heavy atom. The van der Waals surface area contributed by atoms with Gasteiger partial charge in [0, 0.05) is 40.8 Å². The Bertz CT molecular complexity index is 1640. The number of aromatic nitrogens is 4. The van der Waals surface area contributed by atoms with Gasteiger partial charge in [0.1, 0.15) is 23.5 Å². The second kappa shape index (κ2) is 9.62. The molecule has 0 spiro atoms. The van der Waals surface area contributed by atoms with Gasteiger partial charge in [-0.25, -0.2) is 13.8 Å². The van der Waals surface area contributed by atoms with Crippen molar-refractivity contribution in [3.63, 3.8) is 0 Å². The van der Waals surface area contributed by atoms with E-state index in [9.17, 15) is 13.6 Å². The molecule has 5 aromatic rings. The first kappa shape index (κ1) is 23.7. The standard InChI is InChI=1S/C28H23F2N5O3/c1-16-21-7-8-31-25(21)12-24(30)27(16)38-19-5-6-23(29)22(11-19)28-32-26(33-34-28)10-17-3-2-4-18(9-17)35-13-20(14-35)37-15-36/h2-9,11-12,15,20,31H,10,13-14H2,1H3,(H,32,33,34). The molecule has 1 aliphatic rings. The maximum Gasteiger partial charge on any atom is 0.293 e. The van der Waals surface area contributed by atoms with Gasteiger partial charge in [-0.05, 0) is 48.9 Å². The van der Waals surface area contributed by atoms with Crippen LogP contribution in [0.4, 0.5) is 14.5 Å². The third-order valence-electron chi connectivity index (χ3n) is 6.69. The summed E-state index contributed by atoms with van der Waals surface area (Å²) < 4.78 is 40.3. The fourth-order valence-electron chi connectivity index (χ4n) is 4.67. The lowest BCUT2D eigenvalue weighted by atomic mass is 10.1. The highest BCUT2D eigenvalue weighted by molar-refractivity contribution is 5.85. The molecule has 0 bridgehead atoms. The Kier molecular flexibility index (Phi) is 5.99. The Morgan fingerprint density at radius 1 is 1.11 bits per heavy atom. The van der Waals surface area contributed by atoms with Crippen LogP contribution in [0.15, 0.2) is 60.8 Å². The molecular weight excluding hydrogens is 492 g/mol. The van der Waals surface area contributed by atoms with Gasteiger partial charge in [0.2, 0.25) is 0 Å². The van der Waals surface area contributed by atoms with Gasteiger partial charge in [-0.2, -0.15) is 5.10 Å². The maximum atomic E-state index is 14.8. The molecule has 38 heavy (non-hydrogen) atoms. The highest BCUT2D eigenvalue weighted by Crippen LogP contribution is 2.35. The minimum atomic E-state index is -0.520. The summed E-state index contributed by atoms with van der Waals surface area (Å²) >= 11 is 0. The highest BCUT2D eigenvalue weighted by atomic mass is 19.1. The van der Waals surface area contributed by atoms with E-state index in [4.69, 9.17) is 9.47 Å². The summed E-state index contributed by atoms with van der Waals surface area (Å²) in [6.45, 7) is 3.55. The van der Waals surface area contributed by atoms with Gasteiger partial charge in [-0.1, -0.05) is 12.1 Å². The minimum Gasteiger partial charge on any atom is -0.461 e. The molecule has 2 N–H and O–H groups in total. The van der Waals surface area contributed by atoms with E-state index in [1.54, 1.807) is 13.1 Å². The number of fused-ring (bicyclic) bond motifs is 1. The number of aryl methyl sites for hydroxylation is 1. The molecule has 1 aliphatic heterocycles. The van der Waals surface area contributed by atoms with Crippen molar-refractivity contribution in [2.24, 2.45) is 0 Å². The number of anilines is 1. The van der Waals surface area contributed by atoms with Gasteiger partial charge in [-0.3, -0.25) is 9.89 Å². The van der Waals surface area contributed by atoms with E-state index in [-0.39, 0.29) is 29.0 Å². The topological polar surface area (TPSA) is 96.1 Å². The summed E-state index contributed by atoms with van der Waals surface area (Å²) in [5, 5.41) is 7.93. The lowest BCUT2D eigenvalue weighted by molar-refractivity contribution is -0.134. The van der Waals surface area contributed by atoms with E-state index in [1.807, 2.05) is 30.3 Å². The zero-order valence-electron chi connectivity index (χ0n) is 20.4. The number of aromatic amines is 2. The van der Waals surface area contributed by atoms with Crippen molar-refractivity contribution in [3.8, 4) is 22.9 Å². The van der Waals surface area contributed by atoms with Gasteiger partial charge in [0.05, 0.1) is 18.7 Å². The summed E-state index contributed by atoms with van der Waals surface area (Å²) in [5.74, 6) is 0.0476. The van der Waals surface area contributed by atoms with E-state index >= 15 is 0 Å². The summed E-state index contributed by atoms with van der Waals surface area (Å²) in [7, 11) is 0. The number of nitrogens with one attached hydrogen (secondary N) is 2. The van der Waals surface area contributed by atoms with Crippen molar-refractivity contribution >= 4 is 23.1 Å². The SMILES string of the molecule is Cc1c(Oc2ccc(F)c(-c3n[nH]c(Cc4cccc(N5CC(OC=O)C5)c4)n3)c2)c(F)cc2[nH]ccc12. The van der Waals surface area contributed by atoms with Crippen LogP contribution in [0.5, 0.6) is 11.5 Å². The average Bonchev–Trinajstić information content (AvgIpc) is 3.54. The number of hydrogen-bond donors (Lipinski definition) is 2. The molecule has 0 radical (unpaired) electrons. The number of H-pyrrole nitrogens is 2. The molecule has 0 amide bonds. The summed E-state index contributed by atoms with van der Waals surface area (Å²) in [5.41, 5.74) is 3.46. The third kappa shape index (κ3) is 4.45. The van der Waals surface area contributed by atoms with Crippen LogP contribution in [0.25, 0.3) is 22.3 Å². The van der Waals surface area contributed by atoms with E-state index in [0.717, 1.165) is 16.6 Å². The van der Waals surface area contributed by atoms with Gasteiger partial charge in [0.15, 0.2) is 17.4 Å². The molecule has 0 unspecified atom stereocenters. The van der Waals surface area contributed by atoms with Crippen molar-refractivity contribution in [2.75, 3.05) is 18.0 Å². The van der Waals surface area contributed by atoms with Crippen LogP contribution >= 0.6 is 0 Å². The quantitative estimate of drug-likeness (QED) is 0.273. The molecule has 3 aromatic carbocycles. The number of carbonyl (C=O) groups is 1. The Balaban J connectivity index is 1.20. The van der Waals surface area contributed by atoms with Crippen molar-refractivity contribution in [1.82, 2.24) is 20.2 Å². The second-order valence-corrected chi connectivity index (χ2v) is 9.21. The molecule has 0 aliphatic carbocycles. The summed E-state index contributed by atoms with van der Waals surface area (Å²) in [6, 6.07) is 15.3. The Morgan fingerprint density at radius 3 is 2.82 bits per heavy atom. The van der Waals surface area contributed by atoms with E-state index in [1.165, 1.54) is 24.3 Å². The molecule has 6 rings (SSSR count). The fraction of sp³-hybridized carbons (Fsp3) is 0.179.